The van der Waals surface area contributed by atoms with Crippen LogP contribution in [0.2, 0.25) is 0 Å². The van der Waals surface area contributed by atoms with E-state index in [-0.39, 0.29) is 0 Å². The Balaban J connectivity index is 2.18. The summed E-state index contributed by atoms with van der Waals surface area (Å²) in [7, 11) is 0. The Labute approximate surface area is 102 Å². The summed E-state index contributed by atoms with van der Waals surface area (Å²) in [6.45, 7) is 2.25. The lowest BCUT2D eigenvalue weighted by molar-refractivity contribution is 0.556. The maximum atomic E-state index is 8.96. The second-order valence-corrected chi connectivity index (χ2v) is 4.64. The van der Waals surface area contributed by atoms with Crippen molar-refractivity contribution in [3.05, 3.63) is 29.3 Å². The zero-order valence-electron chi connectivity index (χ0n) is 9.90. The van der Waals surface area contributed by atoms with Crippen molar-refractivity contribution < 1.29 is 0 Å². The lowest BCUT2D eigenvalue weighted by Gasteiger charge is -2.18. The minimum Gasteiger partial charge on any atom is -0.382 e. The van der Waals surface area contributed by atoms with Gasteiger partial charge in [0.2, 0.25) is 0 Å². The molecule has 1 aromatic carbocycles. The predicted molar refractivity (Wildman–Crippen MR) is 66.3 cm³/mol. The van der Waals surface area contributed by atoms with Crippen LogP contribution < -0.4 is 5.32 Å². The lowest BCUT2D eigenvalue weighted by atomic mass is 10.0. The van der Waals surface area contributed by atoms with Gasteiger partial charge in [0.15, 0.2) is 0 Å². The summed E-state index contributed by atoms with van der Waals surface area (Å²) < 4.78 is 0. The lowest BCUT2D eigenvalue weighted by Crippen LogP contribution is -2.21. The molecule has 0 aliphatic heterocycles. The van der Waals surface area contributed by atoms with E-state index in [4.69, 9.17) is 10.5 Å². The quantitative estimate of drug-likeness (QED) is 0.841. The molecule has 0 bridgehead atoms. The van der Waals surface area contributed by atoms with Crippen LogP contribution in [0.1, 0.15) is 37.3 Å². The fourth-order valence-electron chi connectivity index (χ4n) is 2.40. The monoisotopic (exact) mass is 225 g/mol. The third-order valence-corrected chi connectivity index (χ3v) is 3.47. The van der Waals surface area contributed by atoms with Crippen LogP contribution in [-0.2, 0) is 0 Å². The molecule has 17 heavy (non-hydrogen) atoms. The summed E-state index contributed by atoms with van der Waals surface area (Å²) in [4.78, 5) is 0. The summed E-state index contributed by atoms with van der Waals surface area (Å²) in [5.74, 6) is 0.677. The Bertz CT molecular complexity index is 493. The van der Waals surface area contributed by atoms with E-state index in [0.717, 1.165) is 5.69 Å². The van der Waals surface area contributed by atoms with Crippen molar-refractivity contribution in [3.8, 4) is 12.1 Å². The molecule has 2 rings (SSSR count). The molecule has 0 saturated heterocycles. The molecule has 1 fully saturated rings. The second kappa shape index (κ2) is 4.89. The van der Waals surface area contributed by atoms with Crippen LogP contribution in [0.5, 0.6) is 0 Å². The Morgan fingerprint density at radius 2 is 1.94 bits per heavy atom. The van der Waals surface area contributed by atoms with Gasteiger partial charge in [-0.3, -0.25) is 0 Å². The highest BCUT2D eigenvalue weighted by Crippen LogP contribution is 2.28. The van der Waals surface area contributed by atoms with E-state index in [1.54, 1.807) is 12.1 Å². The van der Waals surface area contributed by atoms with Gasteiger partial charge in [-0.25, -0.2) is 0 Å². The van der Waals surface area contributed by atoms with E-state index in [1.165, 1.54) is 19.3 Å². The van der Waals surface area contributed by atoms with Gasteiger partial charge in [0.1, 0.15) is 12.1 Å². The summed E-state index contributed by atoms with van der Waals surface area (Å²) in [5.41, 5.74) is 1.83. The average molecular weight is 225 g/mol. The normalized spacial score (nSPS) is 22.8. The van der Waals surface area contributed by atoms with E-state index >= 15 is 0 Å². The number of nitrogens with one attached hydrogen (secondary N) is 1. The third-order valence-electron chi connectivity index (χ3n) is 3.47. The average Bonchev–Trinajstić information content (AvgIpc) is 2.75. The van der Waals surface area contributed by atoms with E-state index in [2.05, 4.69) is 18.3 Å². The van der Waals surface area contributed by atoms with E-state index < -0.39 is 0 Å². The summed E-state index contributed by atoms with van der Waals surface area (Å²) in [6.07, 6.45) is 3.71. The Morgan fingerprint density at radius 3 is 2.53 bits per heavy atom. The maximum Gasteiger partial charge on any atom is 0.101 e. The molecule has 1 saturated carbocycles. The fourth-order valence-corrected chi connectivity index (χ4v) is 2.40. The van der Waals surface area contributed by atoms with E-state index in [9.17, 15) is 0 Å². The molecule has 0 radical (unpaired) electrons. The highest BCUT2D eigenvalue weighted by Gasteiger charge is 2.23. The van der Waals surface area contributed by atoms with Gasteiger partial charge in [0, 0.05) is 11.7 Å². The molecule has 0 amide bonds. The molecule has 3 heteroatoms. The summed E-state index contributed by atoms with van der Waals surface area (Å²) in [6, 6.07) is 9.94. The highest BCUT2D eigenvalue weighted by atomic mass is 14.9. The minimum absolute atomic E-state index is 0.442. The van der Waals surface area contributed by atoms with Gasteiger partial charge in [-0.2, -0.15) is 10.5 Å². The van der Waals surface area contributed by atoms with Crippen molar-refractivity contribution in [1.82, 2.24) is 0 Å². The van der Waals surface area contributed by atoms with Crippen molar-refractivity contribution in [3.63, 3.8) is 0 Å². The standard InChI is InChI=1S/C14H15N3/c1-10-3-2-4-14(10)17-13-6-5-11(8-15)12(7-13)9-16/h5-7,10,14,17H,2-4H2,1H3. The largest absolute Gasteiger partial charge is 0.382 e. The maximum absolute atomic E-state index is 8.96. The number of nitrogens with zero attached hydrogens (tertiary/aromatic N) is 2. The highest BCUT2D eigenvalue weighted by molar-refractivity contribution is 5.56. The van der Waals surface area contributed by atoms with Crippen molar-refractivity contribution in [2.24, 2.45) is 5.92 Å². The molecule has 86 valence electrons. The molecule has 3 nitrogen and oxygen atoms in total. The topological polar surface area (TPSA) is 59.6 Å². The summed E-state index contributed by atoms with van der Waals surface area (Å²) in [5, 5.41) is 21.3. The zero-order valence-corrected chi connectivity index (χ0v) is 9.90. The molecule has 1 aromatic rings. The van der Waals surface area contributed by atoms with Crippen LogP contribution in [0, 0.1) is 28.6 Å². The minimum atomic E-state index is 0.442. The zero-order chi connectivity index (χ0) is 12.3. The third kappa shape index (κ3) is 2.40. The smallest absolute Gasteiger partial charge is 0.101 e. The molecule has 1 aliphatic carbocycles. The van der Waals surface area contributed by atoms with Gasteiger partial charge < -0.3 is 5.32 Å². The molecule has 0 aromatic heterocycles. The van der Waals surface area contributed by atoms with Crippen LogP contribution in [0.15, 0.2) is 18.2 Å². The van der Waals surface area contributed by atoms with Crippen LogP contribution >= 0.6 is 0 Å². The van der Waals surface area contributed by atoms with Crippen molar-refractivity contribution in [1.29, 1.82) is 10.5 Å². The first-order chi connectivity index (χ1) is 8.24. The molecular formula is C14H15N3. The van der Waals surface area contributed by atoms with Crippen molar-refractivity contribution in [2.45, 2.75) is 32.2 Å². The van der Waals surface area contributed by atoms with Gasteiger partial charge in [-0.15, -0.1) is 0 Å². The van der Waals surface area contributed by atoms with Crippen molar-refractivity contribution >= 4 is 5.69 Å². The molecule has 0 heterocycles. The number of rotatable bonds is 2. The predicted octanol–water partition coefficient (Wildman–Crippen LogP) is 3.03. The van der Waals surface area contributed by atoms with Crippen LogP contribution in [-0.4, -0.2) is 6.04 Å². The first kappa shape index (κ1) is 11.5. The number of hydrogen-bond acceptors (Lipinski definition) is 3. The number of nitriles is 2. The number of benzene rings is 1. The Kier molecular flexibility index (Phi) is 3.30. The van der Waals surface area contributed by atoms with Crippen LogP contribution in [0.3, 0.4) is 0 Å². The number of anilines is 1. The molecule has 2 atom stereocenters. The SMILES string of the molecule is CC1CCCC1Nc1ccc(C#N)c(C#N)c1. The first-order valence-corrected chi connectivity index (χ1v) is 5.95. The molecule has 2 unspecified atom stereocenters. The first-order valence-electron chi connectivity index (χ1n) is 5.95. The molecule has 1 aliphatic rings. The van der Waals surface area contributed by atoms with Gasteiger partial charge in [-0.1, -0.05) is 13.3 Å². The van der Waals surface area contributed by atoms with Crippen LogP contribution in [0.4, 0.5) is 5.69 Å². The molecular weight excluding hydrogens is 210 g/mol. The number of hydrogen-bond donors (Lipinski definition) is 1. The van der Waals surface area contributed by atoms with E-state index in [0.29, 0.717) is 23.1 Å². The molecule has 0 spiro atoms. The second-order valence-electron chi connectivity index (χ2n) is 4.64. The summed E-state index contributed by atoms with van der Waals surface area (Å²) >= 11 is 0. The van der Waals surface area contributed by atoms with Gasteiger partial charge in [0.25, 0.3) is 0 Å². The fraction of sp³-hybridized carbons (Fsp3) is 0.429. The van der Waals surface area contributed by atoms with Gasteiger partial charge in [-0.05, 0) is 37.0 Å². The Hall–Kier alpha value is -2.00. The van der Waals surface area contributed by atoms with Gasteiger partial charge in [0.05, 0.1) is 11.1 Å². The van der Waals surface area contributed by atoms with Crippen molar-refractivity contribution in [2.75, 3.05) is 5.32 Å². The van der Waals surface area contributed by atoms with E-state index in [1.807, 2.05) is 12.1 Å². The Morgan fingerprint density at radius 1 is 1.18 bits per heavy atom. The molecule has 1 N–H and O–H groups in total. The van der Waals surface area contributed by atoms with Crippen LogP contribution in [0.25, 0.3) is 0 Å². The van der Waals surface area contributed by atoms with Gasteiger partial charge >= 0.3 is 0 Å².